The average molecular weight is 318 g/mol. The van der Waals surface area contributed by atoms with Crippen LogP contribution in [0.3, 0.4) is 0 Å². The van der Waals surface area contributed by atoms with Crippen LogP contribution in [0.2, 0.25) is 0 Å². The van der Waals surface area contributed by atoms with Crippen molar-refractivity contribution >= 4 is 40.1 Å². The first-order chi connectivity index (χ1) is 10.5. The Morgan fingerprint density at radius 2 is 1.73 bits per heavy atom. The molecule has 0 saturated carbocycles. The van der Waals surface area contributed by atoms with Gasteiger partial charge in [-0.15, -0.1) is 0 Å². The summed E-state index contributed by atoms with van der Waals surface area (Å²) in [7, 11) is 0. The van der Waals surface area contributed by atoms with Crippen LogP contribution in [0.15, 0.2) is 24.3 Å². The lowest BCUT2D eigenvalue weighted by Crippen LogP contribution is -2.26. The van der Waals surface area contributed by atoms with E-state index < -0.39 is 0 Å². The molecule has 2 heterocycles. The molecule has 5 nitrogen and oxygen atoms in total. The van der Waals surface area contributed by atoms with Gasteiger partial charge in [0.25, 0.3) is 0 Å². The largest absolute Gasteiger partial charge is 0.312 e. The normalized spacial score (nSPS) is 21.8. The summed E-state index contributed by atoms with van der Waals surface area (Å²) in [4.78, 5) is 38.5. The standard InChI is InChI=1S/C16H18N2O3S/c1-11(19)22-14-9-16(21)18(10-14)13-6-4-12(5-7-13)17-8-2-3-15(17)20/h4-7,14H,2-3,8-10H2,1H3. The molecule has 1 unspecified atom stereocenters. The molecule has 0 radical (unpaired) electrons. The Labute approximate surface area is 133 Å². The van der Waals surface area contributed by atoms with E-state index in [0.29, 0.717) is 19.4 Å². The Morgan fingerprint density at radius 1 is 1.09 bits per heavy atom. The van der Waals surface area contributed by atoms with Crippen molar-refractivity contribution in [1.29, 1.82) is 0 Å². The highest BCUT2D eigenvalue weighted by atomic mass is 32.2. The molecule has 1 aromatic rings. The smallest absolute Gasteiger partial charge is 0.228 e. The molecule has 3 rings (SSSR count). The van der Waals surface area contributed by atoms with Crippen LogP contribution in [0.5, 0.6) is 0 Å². The van der Waals surface area contributed by atoms with E-state index in [1.165, 1.54) is 18.7 Å². The SMILES string of the molecule is CC(=O)SC1CC(=O)N(c2ccc(N3CCCC3=O)cc2)C1. The number of nitrogens with zero attached hydrogens (tertiary/aromatic N) is 2. The van der Waals surface area contributed by atoms with E-state index in [4.69, 9.17) is 0 Å². The van der Waals surface area contributed by atoms with Crippen molar-refractivity contribution in [1.82, 2.24) is 0 Å². The van der Waals surface area contributed by atoms with Crippen LogP contribution < -0.4 is 9.80 Å². The molecule has 0 bridgehead atoms. The fourth-order valence-corrected chi connectivity index (χ4v) is 3.89. The van der Waals surface area contributed by atoms with E-state index in [2.05, 4.69) is 0 Å². The van der Waals surface area contributed by atoms with Crippen molar-refractivity contribution < 1.29 is 14.4 Å². The molecule has 1 aromatic carbocycles. The molecular formula is C16H18N2O3S. The molecule has 2 fully saturated rings. The zero-order valence-corrected chi connectivity index (χ0v) is 13.3. The summed E-state index contributed by atoms with van der Waals surface area (Å²) < 4.78 is 0. The van der Waals surface area contributed by atoms with E-state index in [1.807, 2.05) is 24.3 Å². The van der Waals surface area contributed by atoms with Gasteiger partial charge >= 0.3 is 0 Å². The summed E-state index contributed by atoms with van der Waals surface area (Å²) in [5.41, 5.74) is 1.71. The predicted molar refractivity (Wildman–Crippen MR) is 87.1 cm³/mol. The van der Waals surface area contributed by atoms with Crippen molar-refractivity contribution in [3.63, 3.8) is 0 Å². The van der Waals surface area contributed by atoms with Crippen LogP contribution in [-0.2, 0) is 14.4 Å². The zero-order chi connectivity index (χ0) is 15.7. The van der Waals surface area contributed by atoms with Gasteiger partial charge in [0, 0.05) is 49.5 Å². The molecule has 2 aliphatic heterocycles. The van der Waals surface area contributed by atoms with E-state index >= 15 is 0 Å². The van der Waals surface area contributed by atoms with Crippen LogP contribution in [0.1, 0.15) is 26.2 Å². The molecule has 6 heteroatoms. The van der Waals surface area contributed by atoms with Gasteiger partial charge in [0.1, 0.15) is 0 Å². The Hall–Kier alpha value is -1.82. The third kappa shape index (κ3) is 3.02. The first-order valence-corrected chi connectivity index (χ1v) is 8.30. The van der Waals surface area contributed by atoms with Crippen molar-refractivity contribution in [2.24, 2.45) is 0 Å². The van der Waals surface area contributed by atoms with E-state index in [1.54, 1.807) is 9.80 Å². The van der Waals surface area contributed by atoms with Gasteiger partial charge in [-0.2, -0.15) is 0 Å². The van der Waals surface area contributed by atoms with Gasteiger partial charge in [-0.25, -0.2) is 0 Å². The first-order valence-electron chi connectivity index (χ1n) is 7.42. The second-order valence-electron chi connectivity index (χ2n) is 5.61. The van der Waals surface area contributed by atoms with Gasteiger partial charge in [-0.1, -0.05) is 11.8 Å². The first kappa shape index (κ1) is 15.1. The topological polar surface area (TPSA) is 57.7 Å². The third-order valence-corrected chi connectivity index (χ3v) is 4.95. The number of carbonyl (C=O) groups is 3. The minimum absolute atomic E-state index is 0.0323. The lowest BCUT2D eigenvalue weighted by molar-refractivity contribution is -0.117. The second-order valence-corrected chi connectivity index (χ2v) is 7.08. The number of anilines is 2. The summed E-state index contributed by atoms with van der Waals surface area (Å²) >= 11 is 1.23. The van der Waals surface area contributed by atoms with Crippen LogP contribution in [-0.4, -0.2) is 35.3 Å². The number of amides is 2. The quantitative estimate of drug-likeness (QED) is 0.857. The van der Waals surface area contributed by atoms with Gasteiger partial charge in [0.05, 0.1) is 0 Å². The minimum Gasteiger partial charge on any atom is -0.312 e. The third-order valence-electron chi connectivity index (χ3n) is 3.97. The van der Waals surface area contributed by atoms with Crippen molar-refractivity contribution in [2.75, 3.05) is 22.9 Å². The predicted octanol–water partition coefficient (Wildman–Crippen LogP) is 2.20. The lowest BCUT2D eigenvalue weighted by Gasteiger charge is -2.19. The van der Waals surface area contributed by atoms with Crippen molar-refractivity contribution in [3.05, 3.63) is 24.3 Å². The monoisotopic (exact) mass is 318 g/mol. The maximum atomic E-state index is 12.1. The molecule has 2 amide bonds. The molecule has 2 saturated heterocycles. The van der Waals surface area contributed by atoms with Gasteiger partial charge in [0.15, 0.2) is 5.12 Å². The van der Waals surface area contributed by atoms with E-state index in [9.17, 15) is 14.4 Å². The molecule has 0 N–H and O–H groups in total. The molecule has 2 aliphatic rings. The van der Waals surface area contributed by atoms with Gasteiger partial charge < -0.3 is 9.80 Å². The Kier molecular flexibility index (Phi) is 4.20. The highest BCUT2D eigenvalue weighted by Gasteiger charge is 2.32. The summed E-state index contributed by atoms with van der Waals surface area (Å²) in [5.74, 6) is 0.201. The molecule has 22 heavy (non-hydrogen) atoms. The second kappa shape index (κ2) is 6.12. The molecule has 116 valence electrons. The number of hydrogen-bond donors (Lipinski definition) is 0. The van der Waals surface area contributed by atoms with Gasteiger partial charge in [-0.05, 0) is 30.7 Å². The Balaban J connectivity index is 1.71. The summed E-state index contributed by atoms with van der Waals surface area (Å²) in [6.45, 7) is 2.85. The van der Waals surface area contributed by atoms with Gasteiger partial charge in [0.2, 0.25) is 11.8 Å². The molecule has 0 spiro atoms. The highest BCUT2D eigenvalue weighted by Crippen LogP contribution is 2.30. The van der Waals surface area contributed by atoms with E-state index in [0.717, 1.165) is 24.3 Å². The zero-order valence-electron chi connectivity index (χ0n) is 12.4. The van der Waals surface area contributed by atoms with Crippen LogP contribution >= 0.6 is 11.8 Å². The number of carbonyl (C=O) groups excluding carboxylic acids is 3. The maximum Gasteiger partial charge on any atom is 0.228 e. The van der Waals surface area contributed by atoms with E-state index in [-0.39, 0.29) is 22.2 Å². The summed E-state index contributed by atoms with van der Waals surface area (Å²) in [5, 5.41) is 0.0763. The Morgan fingerprint density at radius 3 is 2.27 bits per heavy atom. The highest BCUT2D eigenvalue weighted by molar-refractivity contribution is 8.14. The number of thioether (sulfide) groups is 1. The van der Waals surface area contributed by atoms with Crippen molar-refractivity contribution in [2.45, 2.75) is 31.4 Å². The number of hydrogen-bond acceptors (Lipinski definition) is 4. The summed E-state index contributed by atoms with van der Waals surface area (Å²) in [6.07, 6.45) is 1.90. The van der Waals surface area contributed by atoms with Crippen LogP contribution in [0.4, 0.5) is 11.4 Å². The van der Waals surface area contributed by atoms with Crippen molar-refractivity contribution in [3.8, 4) is 0 Å². The minimum atomic E-state index is 0.0323. The number of rotatable bonds is 3. The van der Waals surface area contributed by atoms with Crippen LogP contribution in [0.25, 0.3) is 0 Å². The fraction of sp³-hybridized carbons (Fsp3) is 0.438. The average Bonchev–Trinajstić information content (AvgIpc) is 3.04. The molecule has 0 aromatic heterocycles. The van der Waals surface area contributed by atoms with Gasteiger partial charge in [-0.3, -0.25) is 14.4 Å². The van der Waals surface area contributed by atoms with Crippen LogP contribution in [0, 0.1) is 0 Å². The Bertz CT molecular complexity index is 614. The number of benzene rings is 1. The lowest BCUT2D eigenvalue weighted by atomic mass is 10.2. The summed E-state index contributed by atoms with van der Waals surface area (Å²) in [6, 6.07) is 7.52. The fourth-order valence-electron chi connectivity index (χ4n) is 2.97. The molecule has 1 atom stereocenters. The maximum absolute atomic E-state index is 12.1. The molecule has 0 aliphatic carbocycles. The molecular weight excluding hydrogens is 300 g/mol.